The van der Waals surface area contributed by atoms with Crippen molar-refractivity contribution in [2.24, 2.45) is 0 Å². The Morgan fingerprint density at radius 3 is 2.50 bits per heavy atom. The predicted molar refractivity (Wildman–Crippen MR) is 106 cm³/mol. The highest BCUT2D eigenvalue weighted by atomic mass is 127. The summed E-state index contributed by atoms with van der Waals surface area (Å²) >= 11 is 2.60. The van der Waals surface area contributed by atoms with Gasteiger partial charge in [0.15, 0.2) is 0 Å². The average Bonchev–Trinajstić information content (AvgIpc) is 3.16. The number of piperidine rings is 1. The molecule has 2 fully saturated rings. The number of carbonyl (C=O) groups excluding carboxylic acids is 1. The van der Waals surface area contributed by atoms with Crippen LogP contribution in [0.1, 0.15) is 70.5 Å². The first-order valence-corrected chi connectivity index (χ1v) is 10.8. The lowest BCUT2D eigenvalue weighted by Crippen LogP contribution is -2.39. The molecule has 0 aromatic heterocycles. The van der Waals surface area contributed by atoms with Crippen LogP contribution in [0.25, 0.3) is 0 Å². The fourth-order valence-corrected chi connectivity index (χ4v) is 5.95. The summed E-state index contributed by atoms with van der Waals surface area (Å²) in [5.41, 5.74) is 3.73. The van der Waals surface area contributed by atoms with E-state index in [0.717, 1.165) is 50.5 Å². The number of amides is 1. The van der Waals surface area contributed by atoms with Gasteiger partial charge in [-0.2, -0.15) is 0 Å². The van der Waals surface area contributed by atoms with Crippen molar-refractivity contribution in [3.05, 3.63) is 34.9 Å². The van der Waals surface area contributed by atoms with Gasteiger partial charge in [0, 0.05) is 31.2 Å². The van der Waals surface area contributed by atoms with Gasteiger partial charge in [0.25, 0.3) is 5.91 Å². The molecular weight excluding hydrogens is 411 g/mol. The first-order valence-electron chi connectivity index (χ1n) is 9.56. The second-order valence-electron chi connectivity index (χ2n) is 7.53. The fraction of sp³-hybridized carbons (Fsp3) is 0.650. The maximum Gasteiger partial charge on any atom is 0.253 e. The van der Waals surface area contributed by atoms with Gasteiger partial charge in [0.2, 0.25) is 0 Å². The third kappa shape index (κ3) is 3.24. The normalized spacial score (nSPS) is 25.7. The van der Waals surface area contributed by atoms with Crippen LogP contribution in [0.15, 0.2) is 18.2 Å². The summed E-state index contributed by atoms with van der Waals surface area (Å²) < 4.78 is 0.466. The van der Waals surface area contributed by atoms with E-state index in [1.165, 1.54) is 43.2 Å². The Balaban J connectivity index is 1.52. The minimum Gasteiger partial charge on any atom is -0.339 e. The first kappa shape index (κ1) is 16.8. The molecule has 2 heterocycles. The molecule has 0 bridgehead atoms. The molecule has 0 spiro atoms. The zero-order chi connectivity index (χ0) is 16.5. The molecule has 1 aromatic rings. The molecule has 0 N–H and O–H groups in total. The van der Waals surface area contributed by atoms with Gasteiger partial charge in [-0.3, -0.25) is 9.69 Å². The molecule has 1 aliphatic carbocycles. The third-order valence-corrected chi connectivity index (χ3v) is 7.40. The van der Waals surface area contributed by atoms with Crippen LogP contribution in [-0.4, -0.2) is 41.4 Å². The summed E-state index contributed by atoms with van der Waals surface area (Å²) in [7, 11) is 0. The van der Waals surface area contributed by atoms with Gasteiger partial charge in [-0.25, -0.2) is 0 Å². The minimum absolute atomic E-state index is 0.237. The molecule has 1 amide bonds. The van der Waals surface area contributed by atoms with Gasteiger partial charge in [-0.05, 0) is 61.8 Å². The maximum absolute atomic E-state index is 12.8. The number of benzene rings is 1. The number of fused-ring (bicyclic) bond motifs is 1. The average molecular weight is 438 g/mol. The zero-order valence-corrected chi connectivity index (χ0v) is 16.5. The second kappa shape index (κ2) is 7.32. The summed E-state index contributed by atoms with van der Waals surface area (Å²) in [5.74, 6) is 0.237. The molecule has 4 heteroatoms. The lowest BCUT2D eigenvalue weighted by atomic mass is 9.95. The highest BCUT2D eigenvalue weighted by Crippen LogP contribution is 2.40. The smallest absolute Gasteiger partial charge is 0.253 e. The van der Waals surface area contributed by atoms with Crippen molar-refractivity contribution in [3.8, 4) is 0 Å². The van der Waals surface area contributed by atoms with E-state index in [4.69, 9.17) is 0 Å². The summed E-state index contributed by atoms with van der Waals surface area (Å²) in [5, 5.41) is 0. The second-order valence-corrected chi connectivity index (χ2v) is 8.71. The number of hydrogen-bond donors (Lipinski definition) is 0. The van der Waals surface area contributed by atoms with Gasteiger partial charge in [0.1, 0.15) is 0 Å². The maximum atomic E-state index is 12.8. The van der Waals surface area contributed by atoms with E-state index in [1.807, 2.05) is 4.90 Å². The summed E-state index contributed by atoms with van der Waals surface area (Å²) in [4.78, 5) is 17.5. The van der Waals surface area contributed by atoms with Gasteiger partial charge in [-0.1, -0.05) is 41.5 Å². The number of rotatable bonds is 2. The van der Waals surface area contributed by atoms with E-state index in [9.17, 15) is 4.79 Å². The Labute approximate surface area is 158 Å². The SMILES string of the molecule is O=C(c1ccc2c(c1)CCN(C1CCCC1)C2I)N1CCCCC1. The van der Waals surface area contributed by atoms with E-state index < -0.39 is 0 Å². The van der Waals surface area contributed by atoms with Gasteiger partial charge >= 0.3 is 0 Å². The van der Waals surface area contributed by atoms with Crippen LogP contribution < -0.4 is 0 Å². The number of halogens is 1. The Hall–Kier alpha value is -0.620. The molecule has 4 rings (SSSR count). The monoisotopic (exact) mass is 438 g/mol. The van der Waals surface area contributed by atoms with Gasteiger partial charge in [0.05, 0.1) is 4.05 Å². The Kier molecular flexibility index (Phi) is 5.13. The Morgan fingerprint density at radius 1 is 1.00 bits per heavy atom. The Morgan fingerprint density at radius 2 is 1.75 bits per heavy atom. The van der Waals surface area contributed by atoms with Crippen molar-refractivity contribution in [2.75, 3.05) is 19.6 Å². The summed E-state index contributed by atoms with van der Waals surface area (Å²) in [6.45, 7) is 3.01. The van der Waals surface area contributed by atoms with Crippen LogP contribution in [0.3, 0.4) is 0 Å². The van der Waals surface area contributed by atoms with E-state index >= 15 is 0 Å². The number of nitrogens with zero attached hydrogens (tertiary/aromatic N) is 2. The van der Waals surface area contributed by atoms with Crippen molar-refractivity contribution < 1.29 is 4.79 Å². The standard InChI is InChI=1S/C20H27IN2O/c21-19-18-9-8-16(20(24)22-11-4-1-5-12-22)14-15(18)10-13-23(19)17-6-2-3-7-17/h8-9,14,17,19H,1-7,10-13H2. The van der Waals surface area contributed by atoms with Crippen molar-refractivity contribution in [1.29, 1.82) is 0 Å². The van der Waals surface area contributed by atoms with Crippen molar-refractivity contribution in [1.82, 2.24) is 9.80 Å². The van der Waals surface area contributed by atoms with Crippen molar-refractivity contribution >= 4 is 28.5 Å². The van der Waals surface area contributed by atoms with Crippen LogP contribution in [0.4, 0.5) is 0 Å². The number of likely N-dealkylation sites (tertiary alicyclic amines) is 1. The van der Waals surface area contributed by atoms with Crippen LogP contribution >= 0.6 is 22.6 Å². The quantitative estimate of drug-likeness (QED) is 0.385. The molecule has 1 atom stereocenters. The molecule has 1 aromatic carbocycles. The Bertz CT molecular complexity index is 606. The molecule has 130 valence electrons. The van der Waals surface area contributed by atoms with Crippen LogP contribution in [0.2, 0.25) is 0 Å². The lowest BCUT2D eigenvalue weighted by Gasteiger charge is -2.38. The largest absolute Gasteiger partial charge is 0.339 e. The molecule has 2 aliphatic heterocycles. The highest BCUT2D eigenvalue weighted by molar-refractivity contribution is 14.1. The lowest BCUT2D eigenvalue weighted by molar-refractivity contribution is 0.0724. The topological polar surface area (TPSA) is 23.6 Å². The molecule has 1 unspecified atom stereocenters. The molecule has 3 aliphatic rings. The molecule has 24 heavy (non-hydrogen) atoms. The van der Waals surface area contributed by atoms with Crippen LogP contribution in [0, 0.1) is 0 Å². The van der Waals surface area contributed by atoms with E-state index in [-0.39, 0.29) is 5.91 Å². The van der Waals surface area contributed by atoms with Crippen molar-refractivity contribution in [2.45, 2.75) is 61.5 Å². The van der Waals surface area contributed by atoms with Crippen molar-refractivity contribution in [3.63, 3.8) is 0 Å². The first-order chi connectivity index (χ1) is 11.7. The van der Waals surface area contributed by atoms with Crippen LogP contribution in [0.5, 0.6) is 0 Å². The number of hydrogen-bond acceptors (Lipinski definition) is 2. The number of carbonyl (C=O) groups is 1. The minimum atomic E-state index is 0.237. The van der Waals surface area contributed by atoms with Gasteiger partial charge < -0.3 is 4.90 Å². The van der Waals surface area contributed by atoms with E-state index in [2.05, 4.69) is 45.7 Å². The predicted octanol–water partition coefficient (Wildman–Crippen LogP) is 4.55. The molecule has 0 radical (unpaired) electrons. The molecular formula is C20H27IN2O. The molecule has 1 saturated heterocycles. The fourth-order valence-electron chi connectivity index (χ4n) is 4.61. The molecule has 1 saturated carbocycles. The zero-order valence-electron chi connectivity index (χ0n) is 14.3. The van der Waals surface area contributed by atoms with Gasteiger partial charge in [-0.15, -0.1) is 0 Å². The summed E-state index contributed by atoms with van der Waals surface area (Å²) in [6.07, 6.45) is 10.2. The van der Waals surface area contributed by atoms with Crippen LogP contribution in [-0.2, 0) is 6.42 Å². The van der Waals surface area contributed by atoms with E-state index in [1.54, 1.807) is 0 Å². The summed E-state index contributed by atoms with van der Waals surface area (Å²) in [6, 6.07) is 7.25. The number of alkyl halides is 1. The highest BCUT2D eigenvalue weighted by Gasteiger charge is 2.32. The third-order valence-electron chi connectivity index (χ3n) is 6.01. The van der Waals surface area contributed by atoms with E-state index in [0.29, 0.717) is 4.05 Å². The molecule has 3 nitrogen and oxygen atoms in total.